The Bertz CT molecular complexity index is 6330. The molecule has 16 nitrogen and oxygen atoms in total. The molecule has 650 valence electrons. The molecule has 0 saturated heterocycles. The van der Waals surface area contributed by atoms with Crippen molar-refractivity contribution in [2.75, 3.05) is 53.6 Å². The van der Waals surface area contributed by atoms with Crippen LogP contribution in [0.4, 0.5) is 22.8 Å². The molecule has 0 bridgehead atoms. The number of benzene rings is 10. The number of hydrogen-bond donors (Lipinski definition) is 8. The molecule has 21 rings (SSSR count). The summed E-state index contributed by atoms with van der Waals surface area (Å²) in [5.41, 5.74) is 22.8. The summed E-state index contributed by atoms with van der Waals surface area (Å²) in [7, 11) is 3.28. The number of aromatic amines is 5. The summed E-state index contributed by atoms with van der Waals surface area (Å²) >= 11 is 30.7. The summed E-state index contributed by atoms with van der Waals surface area (Å²) in [5.74, 6) is 1.89. The van der Waals surface area contributed by atoms with Crippen molar-refractivity contribution in [3.63, 3.8) is 0 Å². The highest BCUT2D eigenvalue weighted by atomic mass is 35.5. The van der Waals surface area contributed by atoms with Crippen LogP contribution in [0.5, 0.6) is 11.5 Å². The highest BCUT2D eigenvalue weighted by Gasteiger charge is 2.41. The average Bonchev–Trinajstić information content (AvgIpc) is 1.41. The van der Waals surface area contributed by atoms with Gasteiger partial charge in [0.1, 0.15) is 47.1 Å². The number of fused-ring (bicyclic) bond motifs is 15. The largest absolute Gasteiger partial charge is 0.497 e. The number of nitrogens with zero attached hydrogens (tertiary/aromatic N) is 2. The van der Waals surface area contributed by atoms with E-state index >= 15 is 0 Å². The molecule has 5 unspecified atom stereocenters. The van der Waals surface area contributed by atoms with Crippen LogP contribution in [0.3, 0.4) is 0 Å². The highest BCUT2D eigenvalue weighted by molar-refractivity contribution is 6.32. The maximum Gasteiger partial charge on any atom is 0.410 e. The third-order valence-corrected chi connectivity index (χ3v) is 26.8. The van der Waals surface area contributed by atoms with E-state index in [4.69, 9.17) is 77.0 Å². The first-order valence-electron chi connectivity index (χ1n) is 43.2. The normalized spacial score (nSPS) is 19.3. The lowest BCUT2D eigenvalue weighted by Crippen LogP contribution is -2.44. The van der Waals surface area contributed by atoms with Crippen LogP contribution in [0.15, 0.2) is 206 Å². The van der Waals surface area contributed by atoms with E-state index in [0.717, 1.165) is 162 Å². The molecule has 126 heavy (non-hydrogen) atoms. The molecule has 10 aromatic carbocycles. The molecule has 24 heteroatoms. The van der Waals surface area contributed by atoms with Crippen molar-refractivity contribution in [3.05, 3.63) is 338 Å². The SMILES string of the molecule is CCOC(=O)N1CCc2c([nH]c3ccc(F)cc23)C1c1ccc(OC)cc1.COc1ccc(C2c3[nH]c4ccc(Cl)cc4c3CCN2C(=O)O[C@H]2C[C@@H](C)CC[C@@H]2C(C)C)cc1.Cc1ccc(C2NCCc3c2[nH]c2ccc(Cl)cc32)cc1.Clc1ccc(C2NCCc3c2[nH]c2ccc(Cl)cc32)cc1.Fc1ccc(F)c(C2NCCc3c2[nH]c2ccc(Cl)cc32)c1. The van der Waals surface area contributed by atoms with E-state index in [1.54, 1.807) is 38.2 Å². The number of halogens is 8. The molecule has 5 aliphatic heterocycles. The first kappa shape index (κ1) is 87.2. The maximum atomic E-state index is 14.1. The predicted molar refractivity (Wildman–Crippen MR) is 500 cm³/mol. The third-order valence-electron chi connectivity index (χ3n) is 25.6. The molecule has 10 heterocycles. The third kappa shape index (κ3) is 18.3. The molecular formula is C102H100Cl5F3N10O6. The van der Waals surface area contributed by atoms with Gasteiger partial charge in [-0.2, -0.15) is 0 Å². The smallest absolute Gasteiger partial charge is 0.410 e. The summed E-state index contributed by atoms with van der Waals surface area (Å²) in [6.07, 6.45) is 6.92. The summed E-state index contributed by atoms with van der Waals surface area (Å²) in [5, 5.41) is 19.7. The molecule has 1 saturated carbocycles. The van der Waals surface area contributed by atoms with Gasteiger partial charge in [0, 0.05) is 146 Å². The van der Waals surface area contributed by atoms with Gasteiger partial charge in [-0.15, -0.1) is 0 Å². The zero-order valence-corrected chi connectivity index (χ0v) is 74.9. The summed E-state index contributed by atoms with van der Waals surface area (Å²) in [4.78, 5) is 47.5. The number of hydrogen-bond acceptors (Lipinski definition) is 9. The molecule has 0 spiro atoms. The summed E-state index contributed by atoms with van der Waals surface area (Å²) in [6, 6.07) is 63.8. The van der Waals surface area contributed by atoms with Crippen molar-refractivity contribution in [1.82, 2.24) is 50.7 Å². The number of H-pyrrole nitrogens is 5. The van der Waals surface area contributed by atoms with Gasteiger partial charge in [-0.25, -0.2) is 22.8 Å². The molecule has 2 amide bonds. The Morgan fingerprint density at radius 3 is 1.25 bits per heavy atom. The monoisotopic (exact) mass is 1790 g/mol. The number of methoxy groups -OCH3 is 2. The van der Waals surface area contributed by atoms with E-state index in [1.807, 2.05) is 114 Å². The van der Waals surface area contributed by atoms with E-state index in [-0.39, 0.29) is 54.3 Å². The van der Waals surface area contributed by atoms with E-state index in [1.165, 1.54) is 85.7 Å². The standard InChI is InChI=1S/C29H35ClN2O3.C21H21FN2O3.C18H17ClN2.C17H14Cl2N2.C17H13ClF2N2/c1-17(2)22-11-5-18(3)15-26(22)35-29(33)32-14-13-23-24-16-20(30)8-12-25(24)31-27(23)28(32)19-6-9-21(34-4)10-7-19;1-3-27-21(25)24-11-10-16-17-12-14(22)6-9-18(17)23-19(16)20(24)13-4-7-15(26-2)8-5-13;1-11-2-4-12(5-3-11)17-18-14(8-9-20-17)15-10-13(19)6-7-16(15)21-18;18-11-3-1-10(2-4-11)16-17-13(7-8-20-16)14-9-12(19)5-6-15(14)21-17;18-9-1-4-15-12(7-9)11-5-6-21-16(17(11)22-15)13-8-10(19)2-3-14(13)20/h6-10,12,16-18,22,26,28,31H,5,11,13-15H2,1-4H3;4-9,12,20,23H,3,10-11H2,1-2H3;2-7,10,17,20-21H,8-9H2,1H3;1-6,9,16,20-21H,7-8H2;1-4,7-8,16,21-22H,5-6H2/t18-,22+,26-,28?;;;;/m0..../s1. The summed E-state index contributed by atoms with van der Waals surface area (Å²) < 4.78 is 63.6. The molecule has 0 radical (unpaired) electrons. The van der Waals surface area contributed by atoms with Gasteiger partial charge in [-0.3, -0.25) is 9.80 Å². The molecular weight excluding hydrogens is 1700 g/mol. The Labute approximate surface area is 755 Å². The number of aryl methyl sites for hydroxylation is 1. The van der Waals surface area contributed by atoms with Gasteiger partial charge in [-0.05, 0) is 272 Å². The minimum Gasteiger partial charge on any atom is -0.497 e. The van der Waals surface area contributed by atoms with E-state index in [0.29, 0.717) is 66.0 Å². The van der Waals surface area contributed by atoms with Crippen LogP contribution in [0.2, 0.25) is 25.1 Å². The van der Waals surface area contributed by atoms with Gasteiger partial charge >= 0.3 is 12.2 Å². The van der Waals surface area contributed by atoms with Gasteiger partial charge in [-0.1, -0.05) is 151 Å². The number of ether oxygens (including phenoxy) is 4. The quantitative estimate of drug-likeness (QED) is 0.0658. The lowest BCUT2D eigenvalue weighted by molar-refractivity contribution is -0.0147. The fourth-order valence-corrected chi connectivity index (χ4v) is 20.2. The van der Waals surface area contributed by atoms with Gasteiger partial charge < -0.3 is 59.8 Å². The first-order chi connectivity index (χ1) is 61.0. The van der Waals surface area contributed by atoms with Crippen LogP contribution >= 0.6 is 58.0 Å². The number of amides is 2. The summed E-state index contributed by atoms with van der Waals surface area (Å²) in [6.45, 7) is 14.7. The average molecular weight is 1800 g/mol. The molecule has 1 aliphatic carbocycles. The number of aromatic nitrogens is 5. The van der Waals surface area contributed by atoms with Gasteiger partial charge in [0.15, 0.2) is 0 Å². The Morgan fingerprint density at radius 2 is 0.802 bits per heavy atom. The highest BCUT2D eigenvalue weighted by Crippen LogP contribution is 2.46. The van der Waals surface area contributed by atoms with E-state index in [2.05, 4.69) is 129 Å². The molecule has 15 aromatic rings. The topological polar surface area (TPSA) is 193 Å². The van der Waals surface area contributed by atoms with E-state index in [9.17, 15) is 22.8 Å². The number of carbonyl (C=O) groups excluding carboxylic acids is 2. The second-order valence-electron chi connectivity index (χ2n) is 33.8. The molecule has 1 fully saturated rings. The van der Waals surface area contributed by atoms with Crippen LogP contribution in [0.25, 0.3) is 54.5 Å². The van der Waals surface area contributed by atoms with Crippen molar-refractivity contribution >= 4 is 125 Å². The lowest BCUT2D eigenvalue weighted by Gasteiger charge is -2.40. The predicted octanol–water partition coefficient (Wildman–Crippen LogP) is 25.2. The van der Waals surface area contributed by atoms with Crippen molar-refractivity contribution < 1.29 is 41.7 Å². The van der Waals surface area contributed by atoms with Gasteiger partial charge in [0.05, 0.1) is 39.0 Å². The Balaban J connectivity index is 0.000000113. The van der Waals surface area contributed by atoms with Crippen molar-refractivity contribution in [1.29, 1.82) is 0 Å². The Morgan fingerprint density at radius 1 is 0.429 bits per heavy atom. The van der Waals surface area contributed by atoms with Crippen molar-refractivity contribution in [2.45, 2.75) is 122 Å². The Kier molecular flexibility index (Phi) is 26.3. The van der Waals surface area contributed by atoms with Crippen LogP contribution in [-0.4, -0.2) is 107 Å². The zero-order valence-electron chi connectivity index (χ0n) is 71.1. The lowest BCUT2D eigenvalue weighted by atomic mass is 9.75. The minimum absolute atomic E-state index is 0.0364. The Hall–Kier alpha value is -10.8. The van der Waals surface area contributed by atoms with Crippen LogP contribution in [0, 0.1) is 42.1 Å². The molecule has 8 N–H and O–H groups in total. The maximum absolute atomic E-state index is 14.1. The zero-order chi connectivity index (χ0) is 87.7. The second-order valence-corrected chi connectivity index (χ2v) is 35.9. The van der Waals surface area contributed by atoms with E-state index < -0.39 is 11.6 Å². The first-order valence-corrected chi connectivity index (χ1v) is 45.1. The molecule has 5 aromatic heterocycles. The fourth-order valence-electron chi connectivity index (χ4n) is 19.4. The number of rotatable bonds is 10. The van der Waals surface area contributed by atoms with Crippen molar-refractivity contribution in [2.24, 2.45) is 17.8 Å². The van der Waals surface area contributed by atoms with Crippen molar-refractivity contribution in [3.8, 4) is 11.5 Å². The molecule has 8 atom stereocenters. The minimum atomic E-state index is -0.440. The van der Waals surface area contributed by atoms with Gasteiger partial charge in [0.2, 0.25) is 0 Å². The van der Waals surface area contributed by atoms with Crippen LogP contribution in [0.1, 0.15) is 167 Å². The van der Waals surface area contributed by atoms with Crippen LogP contribution < -0.4 is 25.4 Å². The fraction of sp³-hybridized carbons (Fsp3) is 0.294. The second kappa shape index (κ2) is 38.0. The van der Waals surface area contributed by atoms with Crippen LogP contribution in [-0.2, 0) is 41.6 Å². The van der Waals surface area contributed by atoms with Gasteiger partial charge in [0.25, 0.3) is 0 Å². The number of nitrogens with one attached hydrogen (secondary N) is 8. The number of carbonyl (C=O) groups is 2. The molecule has 6 aliphatic rings.